The fourth-order valence-corrected chi connectivity index (χ4v) is 5.22. The molecule has 1 aliphatic heterocycles. The number of halogens is 5. The number of nitrogens with zero attached hydrogens (tertiary/aromatic N) is 8. The Balaban J connectivity index is 1.33. The van der Waals surface area contributed by atoms with E-state index < -0.39 is 36.5 Å². The number of aliphatic hydroxyl groups excluding tert-OH is 1. The van der Waals surface area contributed by atoms with Crippen molar-refractivity contribution in [2.24, 2.45) is 7.05 Å². The largest absolute Gasteiger partial charge is 0.415 e. The maximum Gasteiger partial charge on any atom is 0.415 e. The number of benzene rings is 1. The van der Waals surface area contributed by atoms with Gasteiger partial charge in [-0.3, -0.25) is 14.4 Å². The zero-order valence-electron chi connectivity index (χ0n) is 23.7. The lowest BCUT2D eigenvalue weighted by atomic mass is 10.0. The smallest absolute Gasteiger partial charge is 0.382 e. The third-order valence-electron chi connectivity index (χ3n) is 7.42. The van der Waals surface area contributed by atoms with E-state index in [1.54, 1.807) is 40.9 Å². The summed E-state index contributed by atoms with van der Waals surface area (Å²) in [7, 11) is 1.73. The van der Waals surface area contributed by atoms with Crippen LogP contribution in [0.4, 0.5) is 33.6 Å². The van der Waals surface area contributed by atoms with Crippen molar-refractivity contribution in [2.45, 2.75) is 12.3 Å². The molecular formula is C29H26F5N9O2. The maximum absolute atomic E-state index is 13.8. The van der Waals surface area contributed by atoms with Gasteiger partial charge in [-0.1, -0.05) is 0 Å². The highest BCUT2D eigenvalue weighted by molar-refractivity contribution is 6.03. The monoisotopic (exact) mass is 627 g/mol. The number of imidazole rings is 1. The average molecular weight is 628 g/mol. The fraction of sp³-hybridized carbons (Fsp3) is 0.276. The van der Waals surface area contributed by atoms with Gasteiger partial charge in [-0.15, -0.1) is 0 Å². The number of carbonyl (C=O) groups is 1. The molecule has 0 radical (unpaired) electrons. The lowest BCUT2D eigenvalue weighted by molar-refractivity contribution is -0.208. The Morgan fingerprint density at radius 2 is 1.76 bits per heavy atom. The standard InChI is InChI=1S/C29H26F5N9O2/c1-40-28(42-12-10-41(11-13-42)15-21(44)29(32,33)34)25(26(39-40)17-2-4-19(30)5-3-17)20-6-7-24-36-23(16-43(24)38-20)37-27(45)18-8-9-35-22(31)14-18/h2-9,14,16,21,44H,10-13,15H2,1H3,(H,37,45). The molecule has 4 aromatic heterocycles. The summed E-state index contributed by atoms with van der Waals surface area (Å²) in [5, 5.41) is 21.6. The van der Waals surface area contributed by atoms with Crippen LogP contribution >= 0.6 is 0 Å². The Morgan fingerprint density at radius 3 is 2.44 bits per heavy atom. The molecule has 234 valence electrons. The predicted molar refractivity (Wildman–Crippen MR) is 153 cm³/mol. The number of anilines is 2. The molecule has 0 spiro atoms. The molecule has 1 fully saturated rings. The van der Waals surface area contributed by atoms with Crippen LogP contribution < -0.4 is 10.2 Å². The van der Waals surface area contributed by atoms with E-state index in [1.807, 2.05) is 4.90 Å². The van der Waals surface area contributed by atoms with Crippen LogP contribution in [0.5, 0.6) is 0 Å². The van der Waals surface area contributed by atoms with Gasteiger partial charge in [-0.05, 0) is 42.5 Å². The molecule has 1 saturated heterocycles. The van der Waals surface area contributed by atoms with Crippen LogP contribution in [0.2, 0.25) is 0 Å². The number of alkyl halides is 3. The third-order valence-corrected chi connectivity index (χ3v) is 7.42. The number of aryl methyl sites for hydroxylation is 1. The number of nitrogens with one attached hydrogen (secondary N) is 1. The molecule has 2 N–H and O–H groups in total. The molecule has 0 bridgehead atoms. The van der Waals surface area contributed by atoms with Crippen molar-refractivity contribution in [2.75, 3.05) is 42.9 Å². The summed E-state index contributed by atoms with van der Waals surface area (Å²) in [4.78, 5) is 24.0. The highest BCUT2D eigenvalue weighted by Crippen LogP contribution is 2.39. The van der Waals surface area contributed by atoms with E-state index in [-0.39, 0.29) is 24.5 Å². The molecule has 5 aromatic rings. The van der Waals surface area contributed by atoms with Gasteiger partial charge in [0, 0.05) is 63.2 Å². The van der Waals surface area contributed by atoms with E-state index in [4.69, 9.17) is 10.2 Å². The third kappa shape index (κ3) is 6.32. The summed E-state index contributed by atoms with van der Waals surface area (Å²) in [6.45, 7) is 0.701. The Kier molecular flexibility index (Phi) is 7.92. The van der Waals surface area contributed by atoms with Crippen LogP contribution in [0.1, 0.15) is 10.4 Å². The first-order valence-electron chi connectivity index (χ1n) is 13.8. The molecular weight excluding hydrogens is 601 g/mol. The number of fused-ring (bicyclic) bond motifs is 1. The second kappa shape index (κ2) is 11.9. The highest BCUT2D eigenvalue weighted by atomic mass is 19.4. The fourth-order valence-electron chi connectivity index (χ4n) is 5.22. The number of amides is 1. The first kappa shape index (κ1) is 30.1. The van der Waals surface area contributed by atoms with E-state index in [0.29, 0.717) is 47.1 Å². The molecule has 5 heterocycles. The summed E-state index contributed by atoms with van der Waals surface area (Å²) in [5.41, 5.74) is 2.64. The van der Waals surface area contributed by atoms with Gasteiger partial charge in [0.2, 0.25) is 5.95 Å². The minimum absolute atomic E-state index is 0.0603. The summed E-state index contributed by atoms with van der Waals surface area (Å²) in [6, 6.07) is 11.6. The van der Waals surface area contributed by atoms with Gasteiger partial charge >= 0.3 is 6.18 Å². The molecule has 45 heavy (non-hydrogen) atoms. The average Bonchev–Trinajstić information content (AvgIpc) is 3.57. The SMILES string of the molecule is Cn1nc(-c2ccc(F)cc2)c(-c2ccc3nc(NC(=O)c4ccnc(F)c4)cn3n2)c1N1CCN(CC(O)C(F)(F)F)CC1. The number of hydrogen-bond donors (Lipinski definition) is 2. The maximum atomic E-state index is 13.8. The van der Waals surface area contributed by atoms with E-state index >= 15 is 0 Å². The Morgan fingerprint density at radius 1 is 1.02 bits per heavy atom. The van der Waals surface area contributed by atoms with Gasteiger partial charge in [-0.2, -0.15) is 27.8 Å². The number of piperazine rings is 1. The normalized spacial score (nSPS) is 15.0. The van der Waals surface area contributed by atoms with Crippen LogP contribution in [-0.4, -0.2) is 90.3 Å². The molecule has 1 unspecified atom stereocenters. The first-order chi connectivity index (χ1) is 21.5. The van der Waals surface area contributed by atoms with Crippen LogP contribution in [0.15, 0.2) is 60.9 Å². The molecule has 1 aliphatic rings. The Bertz CT molecular complexity index is 1850. The van der Waals surface area contributed by atoms with Crippen molar-refractivity contribution in [1.82, 2.24) is 34.3 Å². The van der Waals surface area contributed by atoms with Gasteiger partial charge in [0.25, 0.3) is 5.91 Å². The molecule has 0 saturated carbocycles. The molecule has 1 aromatic carbocycles. The van der Waals surface area contributed by atoms with Crippen LogP contribution in [0.25, 0.3) is 28.2 Å². The van der Waals surface area contributed by atoms with Crippen molar-refractivity contribution < 1.29 is 31.9 Å². The molecule has 11 nitrogen and oxygen atoms in total. The van der Waals surface area contributed by atoms with Crippen LogP contribution in [0, 0.1) is 11.8 Å². The van der Waals surface area contributed by atoms with Crippen molar-refractivity contribution >= 4 is 23.2 Å². The number of β-amino-alcohol motifs (C(OH)–C–C–N with tert-alkyl or cyclic N) is 1. The van der Waals surface area contributed by atoms with E-state index in [2.05, 4.69) is 15.3 Å². The highest BCUT2D eigenvalue weighted by Gasteiger charge is 2.39. The minimum atomic E-state index is -4.70. The molecule has 0 aliphatic carbocycles. The number of aliphatic hydroxyl groups is 1. The molecule has 1 amide bonds. The van der Waals surface area contributed by atoms with Gasteiger partial charge in [0.05, 0.1) is 17.5 Å². The van der Waals surface area contributed by atoms with Gasteiger partial charge in [-0.25, -0.2) is 18.9 Å². The molecule has 16 heteroatoms. The summed E-state index contributed by atoms with van der Waals surface area (Å²) >= 11 is 0. The number of carbonyl (C=O) groups excluding carboxylic acids is 1. The predicted octanol–water partition coefficient (Wildman–Crippen LogP) is 3.77. The van der Waals surface area contributed by atoms with Gasteiger partial charge < -0.3 is 15.3 Å². The second-order valence-electron chi connectivity index (χ2n) is 10.5. The summed E-state index contributed by atoms with van der Waals surface area (Å²) < 4.78 is 69.2. The summed E-state index contributed by atoms with van der Waals surface area (Å²) in [5.74, 6) is -0.992. The van der Waals surface area contributed by atoms with Crippen molar-refractivity contribution in [3.05, 3.63) is 78.3 Å². The Labute approximate surface area is 252 Å². The van der Waals surface area contributed by atoms with Crippen LogP contribution in [-0.2, 0) is 7.05 Å². The molecule has 1 atom stereocenters. The Hall–Kier alpha value is -4.96. The summed E-state index contributed by atoms with van der Waals surface area (Å²) in [6.07, 6.45) is -4.47. The number of aromatic nitrogens is 6. The van der Waals surface area contributed by atoms with E-state index in [0.717, 1.165) is 6.07 Å². The van der Waals surface area contributed by atoms with Crippen molar-refractivity contribution in [1.29, 1.82) is 0 Å². The van der Waals surface area contributed by atoms with Crippen molar-refractivity contribution in [3.8, 4) is 22.5 Å². The molecule has 6 rings (SSSR count). The zero-order chi connectivity index (χ0) is 31.9. The lowest BCUT2D eigenvalue weighted by Gasteiger charge is -2.37. The second-order valence-corrected chi connectivity index (χ2v) is 10.5. The number of rotatable bonds is 7. The first-order valence-corrected chi connectivity index (χ1v) is 13.8. The lowest BCUT2D eigenvalue weighted by Crippen LogP contribution is -2.51. The number of pyridine rings is 1. The number of hydrogen-bond acceptors (Lipinski definition) is 8. The topological polar surface area (TPSA) is 117 Å². The van der Waals surface area contributed by atoms with E-state index in [1.165, 1.54) is 35.1 Å². The van der Waals surface area contributed by atoms with Gasteiger partial charge in [0.15, 0.2) is 17.6 Å². The quantitative estimate of drug-likeness (QED) is 0.207. The van der Waals surface area contributed by atoms with Gasteiger partial charge in [0.1, 0.15) is 17.3 Å². The van der Waals surface area contributed by atoms with E-state index in [9.17, 15) is 31.9 Å². The zero-order valence-corrected chi connectivity index (χ0v) is 23.7. The minimum Gasteiger partial charge on any atom is -0.382 e. The van der Waals surface area contributed by atoms with Crippen LogP contribution in [0.3, 0.4) is 0 Å². The van der Waals surface area contributed by atoms with Crippen molar-refractivity contribution in [3.63, 3.8) is 0 Å².